The van der Waals surface area contributed by atoms with Crippen LogP contribution in [0.3, 0.4) is 0 Å². The maximum atomic E-state index is 13.2. The van der Waals surface area contributed by atoms with Gasteiger partial charge in [0.25, 0.3) is 5.91 Å². The number of pyridine rings is 1. The Balaban J connectivity index is 1.36. The van der Waals surface area contributed by atoms with E-state index in [4.69, 9.17) is 4.74 Å². The van der Waals surface area contributed by atoms with Crippen LogP contribution in [-0.2, 0) is 4.79 Å². The van der Waals surface area contributed by atoms with Gasteiger partial charge in [-0.25, -0.2) is 14.4 Å². The van der Waals surface area contributed by atoms with Gasteiger partial charge in [0, 0.05) is 32.4 Å². The molecular formula is C19H18BrFN4O2S. The summed E-state index contributed by atoms with van der Waals surface area (Å²) in [7, 11) is 0. The molecule has 1 aliphatic heterocycles. The molecule has 0 saturated carbocycles. The maximum Gasteiger partial charge on any atom is 0.263 e. The summed E-state index contributed by atoms with van der Waals surface area (Å²) in [6, 6.07) is 7.97. The highest BCUT2D eigenvalue weighted by Crippen LogP contribution is 2.29. The normalized spacial score (nSPS) is 15.7. The molecule has 1 aromatic carbocycles. The second-order valence-electron chi connectivity index (χ2n) is 6.47. The van der Waals surface area contributed by atoms with Crippen LogP contribution in [0.15, 0.2) is 41.0 Å². The lowest BCUT2D eigenvalue weighted by molar-refractivity contribution is -0.138. The zero-order valence-corrected chi connectivity index (χ0v) is 17.5. The predicted molar refractivity (Wildman–Crippen MR) is 110 cm³/mol. The van der Waals surface area contributed by atoms with Gasteiger partial charge >= 0.3 is 0 Å². The van der Waals surface area contributed by atoms with Crippen molar-refractivity contribution in [2.24, 2.45) is 0 Å². The molecule has 3 aromatic rings. The molecule has 0 spiro atoms. The highest BCUT2D eigenvalue weighted by molar-refractivity contribution is 9.10. The number of benzene rings is 1. The summed E-state index contributed by atoms with van der Waals surface area (Å²) in [5.74, 6) is 0.00378. The fourth-order valence-electron chi connectivity index (χ4n) is 3.08. The van der Waals surface area contributed by atoms with Crippen molar-refractivity contribution in [1.29, 1.82) is 0 Å². The minimum atomic E-state index is -0.653. The number of hydrogen-bond acceptors (Lipinski definition) is 6. The molecule has 1 saturated heterocycles. The number of anilines is 1. The smallest absolute Gasteiger partial charge is 0.263 e. The number of piperazine rings is 1. The number of thiazole rings is 1. The first-order chi connectivity index (χ1) is 13.5. The van der Waals surface area contributed by atoms with E-state index in [1.165, 1.54) is 18.2 Å². The van der Waals surface area contributed by atoms with Crippen LogP contribution >= 0.6 is 27.3 Å². The lowest BCUT2D eigenvalue weighted by Gasteiger charge is -2.35. The van der Waals surface area contributed by atoms with Crippen LogP contribution in [0, 0.1) is 5.82 Å². The SMILES string of the molecule is CC(Oc1ccc(F)cc1Br)C(=O)N1CCN(c2nc3cccnc3s2)CC1. The van der Waals surface area contributed by atoms with Crippen molar-refractivity contribution in [3.05, 3.63) is 46.8 Å². The van der Waals surface area contributed by atoms with E-state index in [-0.39, 0.29) is 11.7 Å². The molecule has 0 radical (unpaired) electrons. The molecule has 6 nitrogen and oxygen atoms in total. The number of carbonyl (C=O) groups is 1. The minimum absolute atomic E-state index is 0.0816. The zero-order valence-electron chi connectivity index (χ0n) is 15.1. The molecule has 0 N–H and O–H groups in total. The summed E-state index contributed by atoms with van der Waals surface area (Å²) in [5, 5.41) is 0.931. The second-order valence-corrected chi connectivity index (χ2v) is 8.28. The van der Waals surface area contributed by atoms with Gasteiger partial charge in [-0.3, -0.25) is 4.79 Å². The molecule has 4 rings (SSSR count). The quantitative estimate of drug-likeness (QED) is 0.588. The molecular weight excluding hydrogens is 447 g/mol. The van der Waals surface area contributed by atoms with Gasteiger partial charge in [-0.2, -0.15) is 0 Å². The van der Waals surface area contributed by atoms with Gasteiger partial charge in [0.1, 0.15) is 21.9 Å². The number of ether oxygens (including phenoxy) is 1. The van der Waals surface area contributed by atoms with E-state index >= 15 is 0 Å². The number of aromatic nitrogens is 2. The molecule has 1 fully saturated rings. The standard InChI is InChI=1S/C19H18BrFN4O2S/c1-12(27-16-5-4-13(21)11-14(16)20)18(26)24-7-9-25(10-8-24)19-23-15-3-2-6-22-17(15)28-19/h2-6,11-12H,7-10H2,1H3. The summed E-state index contributed by atoms with van der Waals surface area (Å²) >= 11 is 4.83. The summed E-state index contributed by atoms with van der Waals surface area (Å²) in [5.41, 5.74) is 0.896. The molecule has 9 heteroatoms. The Bertz CT molecular complexity index is 974. The van der Waals surface area contributed by atoms with Gasteiger partial charge < -0.3 is 14.5 Å². The van der Waals surface area contributed by atoms with E-state index < -0.39 is 6.10 Å². The molecule has 2 aromatic heterocycles. The van der Waals surface area contributed by atoms with Gasteiger partial charge in [-0.1, -0.05) is 11.3 Å². The number of carbonyl (C=O) groups excluding carboxylic acids is 1. The van der Waals surface area contributed by atoms with E-state index in [2.05, 4.69) is 30.8 Å². The number of nitrogens with zero attached hydrogens (tertiary/aromatic N) is 4. The Morgan fingerprint density at radius 3 is 2.79 bits per heavy atom. The number of halogens is 2. The molecule has 0 bridgehead atoms. The van der Waals surface area contributed by atoms with Crippen LogP contribution in [0.5, 0.6) is 5.75 Å². The first-order valence-electron chi connectivity index (χ1n) is 8.88. The summed E-state index contributed by atoms with van der Waals surface area (Å²) in [4.78, 5) is 26.6. The number of hydrogen-bond donors (Lipinski definition) is 0. The third-order valence-electron chi connectivity index (χ3n) is 4.56. The van der Waals surface area contributed by atoms with E-state index in [0.717, 1.165) is 15.5 Å². The summed E-state index contributed by atoms with van der Waals surface area (Å²) in [6.07, 6.45) is 1.11. The molecule has 1 amide bonds. The van der Waals surface area contributed by atoms with Crippen LogP contribution < -0.4 is 9.64 Å². The minimum Gasteiger partial charge on any atom is -0.480 e. The highest BCUT2D eigenvalue weighted by Gasteiger charge is 2.27. The third kappa shape index (κ3) is 3.95. The van der Waals surface area contributed by atoms with Gasteiger partial charge in [0.05, 0.1) is 4.47 Å². The molecule has 1 unspecified atom stereocenters. The van der Waals surface area contributed by atoms with E-state index in [1.807, 2.05) is 12.1 Å². The fraction of sp³-hybridized carbons (Fsp3) is 0.316. The molecule has 3 heterocycles. The highest BCUT2D eigenvalue weighted by atomic mass is 79.9. The van der Waals surface area contributed by atoms with Gasteiger partial charge in [-0.05, 0) is 53.2 Å². The van der Waals surface area contributed by atoms with Crippen molar-refractivity contribution in [2.45, 2.75) is 13.0 Å². The first kappa shape index (κ1) is 19.1. The van der Waals surface area contributed by atoms with Crippen LogP contribution in [0.4, 0.5) is 9.52 Å². The Labute approximate surface area is 174 Å². The molecule has 0 aliphatic carbocycles. The zero-order chi connectivity index (χ0) is 19.7. The fourth-order valence-corrected chi connectivity index (χ4v) is 4.49. The van der Waals surface area contributed by atoms with E-state index in [9.17, 15) is 9.18 Å². The Morgan fingerprint density at radius 1 is 1.29 bits per heavy atom. The van der Waals surface area contributed by atoms with Gasteiger partial charge in [0.15, 0.2) is 11.2 Å². The third-order valence-corrected chi connectivity index (χ3v) is 6.22. The summed E-state index contributed by atoms with van der Waals surface area (Å²) in [6.45, 7) is 4.32. The van der Waals surface area contributed by atoms with Crippen LogP contribution in [-0.4, -0.2) is 53.1 Å². The molecule has 1 atom stereocenters. The van der Waals surface area contributed by atoms with E-state index in [1.54, 1.807) is 29.4 Å². The Hall–Kier alpha value is -2.26. The lowest BCUT2D eigenvalue weighted by Crippen LogP contribution is -2.52. The van der Waals surface area contributed by atoms with Crippen molar-refractivity contribution >= 4 is 48.7 Å². The molecule has 1 aliphatic rings. The van der Waals surface area contributed by atoms with Crippen molar-refractivity contribution in [1.82, 2.24) is 14.9 Å². The average molecular weight is 465 g/mol. The predicted octanol–water partition coefficient (Wildman–Crippen LogP) is 3.71. The lowest BCUT2D eigenvalue weighted by atomic mass is 10.2. The number of rotatable bonds is 4. The van der Waals surface area contributed by atoms with Crippen molar-refractivity contribution in [2.75, 3.05) is 31.1 Å². The Kier molecular flexibility index (Phi) is 5.45. The Morgan fingerprint density at radius 2 is 2.07 bits per heavy atom. The van der Waals surface area contributed by atoms with Crippen LogP contribution in [0.2, 0.25) is 0 Å². The van der Waals surface area contributed by atoms with E-state index in [0.29, 0.717) is 36.4 Å². The van der Waals surface area contributed by atoms with Crippen LogP contribution in [0.1, 0.15) is 6.92 Å². The molecule has 28 heavy (non-hydrogen) atoms. The van der Waals surface area contributed by atoms with Gasteiger partial charge in [-0.15, -0.1) is 0 Å². The largest absolute Gasteiger partial charge is 0.480 e. The van der Waals surface area contributed by atoms with Gasteiger partial charge in [0.2, 0.25) is 0 Å². The maximum absolute atomic E-state index is 13.2. The first-order valence-corrected chi connectivity index (χ1v) is 10.5. The monoisotopic (exact) mass is 464 g/mol. The van der Waals surface area contributed by atoms with Crippen LogP contribution in [0.25, 0.3) is 10.3 Å². The van der Waals surface area contributed by atoms with Crippen molar-refractivity contribution < 1.29 is 13.9 Å². The number of fused-ring (bicyclic) bond motifs is 1. The van der Waals surface area contributed by atoms with Crippen molar-refractivity contribution in [3.8, 4) is 5.75 Å². The second kappa shape index (κ2) is 8.00. The summed E-state index contributed by atoms with van der Waals surface area (Å²) < 4.78 is 19.4. The number of amides is 1. The average Bonchev–Trinajstić information content (AvgIpc) is 3.14. The molecule has 146 valence electrons. The van der Waals surface area contributed by atoms with Crippen molar-refractivity contribution in [3.63, 3.8) is 0 Å². The topological polar surface area (TPSA) is 58.6 Å².